The summed E-state index contributed by atoms with van der Waals surface area (Å²) in [5.74, 6) is 1.31. The highest BCUT2D eigenvalue weighted by Gasteiger charge is 2.20. The van der Waals surface area contributed by atoms with Gasteiger partial charge in [-0.3, -0.25) is 0 Å². The molecule has 1 fully saturated rings. The maximum Gasteiger partial charge on any atom is 0.107 e. The smallest absolute Gasteiger partial charge is 0.107 e. The summed E-state index contributed by atoms with van der Waals surface area (Å²) < 4.78 is 1.33. The zero-order valence-electron chi connectivity index (χ0n) is 7.77. The molecular weight excluding hydrogens is 210 g/mol. The molecular formula is C11H11NS2. The predicted molar refractivity (Wildman–Crippen MR) is 64.1 cm³/mol. The molecule has 3 rings (SSSR count). The van der Waals surface area contributed by atoms with Gasteiger partial charge < -0.3 is 0 Å². The van der Waals surface area contributed by atoms with E-state index >= 15 is 0 Å². The summed E-state index contributed by atoms with van der Waals surface area (Å²) >= 11 is 3.92. The summed E-state index contributed by atoms with van der Waals surface area (Å²) in [5.41, 5.74) is 1.17. The fraction of sp³-hybridized carbons (Fsp3) is 0.364. The van der Waals surface area contributed by atoms with Crippen molar-refractivity contribution in [3.8, 4) is 0 Å². The summed E-state index contributed by atoms with van der Waals surface area (Å²) in [6, 6.07) is 8.42. The molecule has 0 saturated carbocycles. The number of hydrogen-bond acceptors (Lipinski definition) is 3. The van der Waals surface area contributed by atoms with E-state index in [1.165, 1.54) is 33.8 Å². The molecule has 14 heavy (non-hydrogen) atoms. The van der Waals surface area contributed by atoms with Crippen LogP contribution in [0.5, 0.6) is 0 Å². The molecule has 0 N–H and O–H groups in total. The number of aromatic nitrogens is 1. The van der Waals surface area contributed by atoms with Gasteiger partial charge in [-0.15, -0.1) is 11.3 Å². The van der Waals surface area contributed by atoms with E-state index in [9.17, 15) is 0 Å². The normalized spacial score (nSPS) is 21.9. The molecule has 72 valence electrons. The minimum atomic E-state index is 0.674. The van der Waals surface area contributed by atoms with Gasteiger partial charge in [0.25, 0.3) is 0 Å². The molecule has 1 aliphatic rings. The molecule has 1 aliphatic heterocycles. The Bertz CT molecular complexity index is 410. The molecule has 2 aromatic rings. The number of nitrogens with zero attached hydrogens (tertiary/aromatic N) is 1. The monoisotopic (exact) mass is 221 g/mol. The highest BCUT2D eigenvalue weighted by molar-refractivity contribution is 7.99. The maximum atomic E-state index is 4.69. The number of fused-ring (bicyclic) bond motifs is 1. The van der Waals surface area contributed by atoms with Crippen molar-refractivity contribution in [2.24, 2.45) is 0 Å². The summed E-state index contributed by atoms with van der Waals surface area (Å²) in [7, 11) is 0. The van der Waals surface area contributed by atoms with Crippen LogP contribution in [0, 0.1) is 0 Å². The van der Waals surface area contributed by atoms with Gasteiger partial charge in [0.05, 0.1) is 15.5 Å². The third-order valence-electron chi connectivity index (χ3n) is 2.52. The van der Waals surface area contributed by atoms with E-state index in [-0.39, 0.29) is 0 Å². The fourth-order valence-electron chi connectivity index (χ4n) is 1.80. The van der Waals surface area contributed by atoms with Crippen LogP contribution in [0.2, 0.25) is 0 Å². The molecule has 3 heteroatoms. The van der Waals surface area contributed by atoms with E-state index in [0.29, 0.717) is 5.25 Å². The Balaban J connectivity index is 2.05. The summed E-state index contributed by atoms with van der Waals surface area (Å²) in [4.78, 5) is 4.69. The zero-order valence-corrected chi connectivity index (χ0v) is 9.40. The van der Waals surface area contributed by atoms with E-state index in [2.05, 4.69) is 36.0 Å². The number of rotatable bonds is 1. The third kappa shape index (κ3) is 1.44. The largest absolute Gasteiger partial charge is 0.240 e. The molecule has 0 amide bonds. The molecule has 1 saturated heterocycles. The molecule has 1 aromatic carbocycles. The van der Waals surface area contributed by atoms with Crippen LogP contribution in [-0.4, -0.2) is 10.7 Å². The molecule has 1 atom stereocenters. The van der Waals surface area contributed by atoms with Crippen LogP contribution < -0.4 is 0 Å². The van der Waals surface area contributed by atoms with Crippen LogP contribution in [0.4, 0.5) is 0 Å². The van der Waals surface area contributed by atoms with Gasteiger partial charge in [-0.25, -0.2) is 4.98 Å². The zero-order chi connectivity index (χ0) is 9.38. The second-order valence-corrected chi connectivity index (χ2v) is 5.89. The van der Waals surface area contributed by atoms with Gasteiger partial charge in [-0.05, 0) is 30.7 Å². The van der Waals surface area contributed by atoms with Crippen LogP contribution in [-0.2, 0) is 0 Å². The van der Waals surface area contributed by atoms with Gasteiger partial charge >= 0.3 is 0 Å². The van der Waals surface area contributed by atoms with Crippen molar-refractivity contribution in [3.63, 3.8) is 0 Å². The fourth-order valence-corrected chi connectivity index (χ4v) is 4.28. The van der Waals surface area contributed by atoms with Crippen LogP contribution in [0.1, 0.15) is 23.1 Å². The van der Waals surface area contributed by atoms with Gasteiger partial charge in [0.2, 0.25) is 0 Å². The van der Waals surface area contributed by atoms with Crippen molar-refractivity contribution >= 4 is 33.3 Å². The minimum absolute atomic E-state index is 0.674. The van der Waals surface area contributed by atoms with Gasteiger partial charge in [0.1, 0.15) is 5.01 Å². The Morgan fingerprint density at radius 1 is 1.29 bits per heavy atom. The second-order valence-electron chi connectivity index (χ2n) is 3.52. The van der Waals surface area contributed by atoms with Crippen LogP contribution in [0.3, 0.4) is 0 Å². The number of thioether (sulfide) groups is 1. The molecule has 1 nitrogen and oxygen atoms in total. The van der Waals surface area contributed by atoms with Crippen molar-refractivity contribution in [3.05, 3.63) is 29.3 Å². The quantitative estimate of drug-likeness (QED) is 0.725. The average Bonchev–Trinajstić information content (AvgIpc) is 2.86. The van der Waals surface area contributed by atoms with Crippen LogP contribution in [0.25, 0.3) is 10.2 Å². The minimum Gasteiger partial charge on any atom is -0.240 e. The molecule has 1 aromatic heterocycles. The number of para-hydroxylation sites is 1. The van der Waals surface area contributed by atoms with Crippen LogP contribution >= 0.6 is 23.1 Å². The van der Waals surface area contributed by atoms with Crippen LogP contribution in [0.15, 0.2) is 24.3 Å². The SMILES string of the molecule is c1ccc2sc(C3CCCS3)nc2c1. The van der Waals surface area contributed by atoms with Crippen molar-refractivity contribution < 1.29 is 0 Å². The highest BCUT2D eigenvalue weighted by Crippen LogP contribution is 2.42. The molecule has 0 spiro atoms. The van der Waals surface area contributed by atoms with E-state index in [1.54, 1.807) is 0 Å². The van der Waals surface area contributed by atoms with Crippen molar-refractivity contribution in [2.45, 2.75) is 18.1 Å². The Morgan fingerprint density at radius 2 is 2.21 bits per heavy atom. The molecule has 2 heterocycles. The lowest BCUT2D eigenvalue weighted by Gasteiger charge is -2.01. The van der Waals surface area contributed by atoms with Gasteiger partial charge in [-0.2, -0.15) is 11.8 Å². The third-order valence-corrected chi connectivity index (χ3v) is 5.20. The predicted octanol–water partition coefficient (Wildman–Crippen LogP) is 3.86. The molecule has 0 radical (unpaired) electrons. The van der Waals surface area contributed by atoms with Crippen molar-refractivity contribution in [2.75, 3.05) is 5.75 Å². The first-order chi connectivity index (χ1) is 6.93. The van der Waals surface area contributed by atoms with Gasteiger partial charge in [-0.1, -0.05) is 12.1 Å². The lowest BCUT2D eigenvalue weighted by Crippen LogP contribution is -1.85. The standard InChI is InChI=1S/C11H11NS2/c1-2-5-9-8(4-1)12-11(14-9)10-6-3-7-13-10/h1-2,4-5,10H,3,6-7H2. The summed E-state index contributed by atoms with van der Waals surface area (Å²) in [5, 5.41) is 2.00. The average molecular weight is 221 g/mol. The first-order valence-corrected chi connectivity index (χ1v) is 6.77. The Hall–Kier alpha value is -0.540. The first-order valence-electron chi connectivity index (χ1n) is 4.90. The van der Waals surface area contributed by atoms with Gasteiger partial charge in [0.15, 0.2) is 0 Å². The number of benzene rings is 1. The lowest BCUT2D eigenvalue weighted by atomic mass is 10.2. The number of thiazole rings is 1. The topological polar surface area (TPSA) is 12.9 Å². The first kappa shape index (κ1) is 8.74. The van der Waals surface area contributed by atoms with E-state index in [1.807, 2.05) is 11.3 Å². The molecule has 1 unspecified atom stereocenters. The second kappa shape index (κ2) is 3.55. The Kier molecular flexibility index (Phi) is 2.22. The number of hydrogen-bond donors (Lipinski definition) is 0. The molecule has 0 bridgehead atoms. The van der Waals surface area contributed by atoms with E-state index < -0.39 is 0 Å². The molecule has 0 aliphatic carbocycles. The van der Waals surface area contributed by atoms with Gasteiger partial charge in [0, 0.05) is 0 Å². The summed E-state index contributed by atoms with van der Waals surface area (Å²) in [6.07, 6.45) is 2.66. The van der Waals surface area contributed by atoms with E-state index in [4.69, 9.17) is 4.98 Å². The Morgan fingerprint density at radius 3 is 3.00 bits per heavy atom. The van der Waals surface area contributed by atoms with Crippen molar-refractivity contribution in [1.82, 2.24) is 4.98 Å². The Labute approximate surface area is 91.6 Å². The summed E-state index contributed by atoms with van der Waals surface area (Å²) in [6.45, 7) is 0. The maximum absolute atomic E-state index is 4.69. The highest BCUT2D eigenvalue weighted by atomic mass is 32.2. The van der Waals surface area contributed by atoms with Crippen molar-refractivity contribution in [1.29, 1.82) is 0 Å². The van der Waals surface area contributed by atoms with E-state index in [0.717, 1.165) is 0 Å². The lowest BCUT2D eigenvalue weighted by molar-refractivity contribution is 0.825.